The number of ether oxygens (including phenoxy) is 1. The lowest BCUT2D eigenvalue weighted by Gasteiger charge is -2.22. The van der Waals surface area contributed by atoms with Crippen molar-refractivity contribution in [2.45, 2.75) is 49.5 Å². The molecule has 1 aliphatic carbocycles. The van der Waals surface area contributed by atoms with Crippen LogP contribution in [-0.2, 0) is 14.6 Å². The smallest absolute Gasteiger partial charge is 0.191 e. The van der Waals surface area contributed by atoms with Crippen molar-refractivity contribution in [1.82, 2.24) is 10.6 Å². The SMILES string of the molecule is CN=C(NCCCOC1CCCCC1)NCCS(=O)(=O)c1ccccc1F. The number of guanidine groups is 1. The number of aliphatic imine (C=N–C) groups is 1. The van der Waals surface area contributed by atoms with Gasteiger partial charge in [-0.1, -0.05) is 31.4 Å². The normalized spacial score (nSPS) is 16.3. The van der Waals surface area contributed by atoms with E-state index in [0.29, 0.717) is 25.2 Å². The fourth-order valence-electron chi connectivity index (χ4n) is 3.09. The van der Waals surface area contributed by atoms with Crippen molar-refractivity contribution in [2.75, 3.05) is 32.5 Å². The van der Waals surface area contributed by atoms with Crippen LogP contribution < -0.4 is 10.6 Å². The Morgan fingerprint density at radius 2 is 1.89 bits per heavy atom. The van der Waals surface area contributed by atoms with Crippen molar-refractivity contribution in [3.05, 3.63) is 30.1 Å². The van der Waals surface area contributed by atoms with Crippen LogP contribution in [0.4, 0.5) is 4.39 Å². The van der Waals surface area contributed by atoms with Gasteiger partial charge in [-0.05, 0) is 31.4 Å². The summed E-state index contributed by atoms with van der Waals surface area (Å²) in [5.74, 6) is -0.409. The van der Waals surface area contributed by atoms with Crippen LogP contribution in [0.1, 0.15) is 38.5 Å². The number of nitrogens with one attached hydrogen (secondary N) is 2. The van der Waals surface area contributed by atoms with E-state index >= 15 is 0 Å². The first-order valence-corrected chi connectivity index (χ1v) is 11.2. The molecule has 0 atom stereocenters. The average molecular weight is 400 g/mol. The summed E-state index contributed by atoms with van der Waals surface area (Å²) in [6.07, 6.45) is 7.41. The van der Waals surface area contributed by atoms with Crippen molar-refractivity contribution in [1.29, 1.82) is 0 Å². The van der Waals surface area contributed by atoms with Crippen molar-refractivity contribution in [3.63, 3.8) is 0 Å². The molecule has 0 spiro atoms. The zero-order valence-corrected chi connectivity index (χ0v) is 16.7. The van der Waals surface area contributed by atoms with Gasteiger partial charge in [-0.3, -0.25) is 4.99 Å². The molecule has 0 amide bonds. The lowest BCUT2D eigenvalue weighted by Crippen LogP contribution is -2.40. The third-order valence-corrected chi connectivity index (χ3v) is 6.32. The summed E-state index contributed by atoms with van der Waals surface area (Å²) in [7, 11) is -2.05. The van der Waals surface area contributed by atoms with Gasteiger partial charge in [0.15, 0.2) is 15.8 Å². The predicted octanol–water partition coefficient (Wildman–Crippen LogP) is 2.50. The van der Waals surface area contributed by atoms with Crippen molar-refractivity contribution < 1.29 is 17.5 Å². The molecule has 1 saturated carbocycles. The van der Waals surface area contributed by atoms with Crippen molar-refractivity contribution in [3.8, 4) is 0 Å². The highest BCUT2D eigenvalue weighted by atomic mass is 32.2. The van der Waals surface area contributed by atoms with Crippen molar-refractivity contribution >= 4 is 15.8 Å². The third kappa shape index (κ3) is 7.46. The summed E-state index contributed by atoms with van der Waals surface area (Å²) >= 11 is 0. The monoisotopic (exact) mass is 399 g/mol. The third-order valence-electron chi connectivity index (χ3n) is 4.58. The van der Waals surface area contributed by atoms with E-state index < -0.39 is 15.7 Å². The molecule has 2 rings (SSSR count). The Balaban J connectivity index is 1.64. The molecule has 27 heavy (non-hydrogen) atoms. The zero-order chi connectivity index (χ0) is 19.5. The topological polar surface area (TPSA) is 79.8 Å². The van der Waals surface area contributed by atoms with E-state index in [2.05, 4.69) is 15.6 Å². The Labute approximate surface area is 161 Å². The molecular weight excluding hydrogens is 369 g/mol. The quantitative estimate of drug-likeness (QED) is 0.379. The molecule has 1 aromatic rings. The van der Waals surface area contributed by atoms with E-state index in [1.807, 2.05) is 0 Å². The van der Waals surface area contributed by atoms with E-state index in [0.717, 1.165) is 25.3 Å². The van der Waals surface area contributed by atoms with Crippen LogP contribution in [-0.4, -0.2) is 53.0 Å². The summed E-state index contributed by atoms with van der Waals surface area (Å²) in [5.41, 5.74) is 0. The van der Waals surface area contributed by atoms with Gasteiger partial charge in [0.05, 0.1) is 11.9 Å². The van der Waals surface area contributed by atoms with Crippen LogP contribution in [0, 0.1) is 5.82 Å². The number of benzene rings is 1. The van der Waals surface area contributed by atoms with Gasteiger partial charge in [-0.15, -0.1) is 0 Å². The van der Waals surface area contributed by atoms with Crippen LogP contribution >= 0.6 is 0 Å². The average Bonchev–Trinajstić information content (AvgIpc) is 2.67. The molecule has 0 aliphatic heterocycles. The first-order valence-electron chi connectivity index (χ1n) is 9.56. The van der Waals surface area contributed by atoms with E-state index in [1.54, 1.807) is 7.05 Å². The van der Waals surface area contributed by atoms with Crippen LogP contribution in [0.3, 0.4) is 0 Å². The first kappa shape index (κ1) is 21.6. The molecule has 0 heterocycles. The molecule has 1 aliphatic rings. The standard InChI is InChI=1S/C19H30FN3O3S/c1-21-19(22-12-7-14-26-16-8-3-2-4-9-16)23-13-15-27(24,25)18-11-6-5-10-17(18)20/h5-6,10-11,16H,2-4,7-9,12-15H2,1H3,(H2,21,22,23). The minimum absolute atomic E-state index is 0.148. The molecule has 152 valence electrons. The second-order valence-corrected chi connectivity index (χ2v) is 8.74. The molecule has 1 fully saturated rings. The van der Waals surface area contributed by atoms with Crippen LogP contribution in [0.25, 0.3) is 0 Å². The van der Waals surface area contributed by atoms with Gasteiger partial charge in [-0.25, -0.2) is 12.8 Å². The Morgan fingerprint density at radius 3 is 2.59 bits per heavy atom. The summed E-state index contributed by atoms with van der Waals surface area (Å²) in [5, 5.41) is 6.09. The maximum atomic E-state index is 13.7. The molecule has 0 unspecified atom stereocenters. The summed E-state index contributed by atoms with van der Waals surface area (Å²) in [6.45, 7) is 1.54. The highest BCUT2D eigenvalue weighted by Gasteiger charge is 2.18. The second-order valence-electron chi connectivity index (χ2n) is 6.66. The van der Waals surface area contributed by atoms with Gasteiger partial charge < -0.3 is 15.4 Å². The minimum Gasteiger partial charge on any atom is -0.378 e. The molecule has 0 saturated heterocycles. The summed E-state index contributed by atoms with van der Waals surface area (Å²) < 4.78 is 44.0. The fourth-order valence-corrected chi connectivity index (χ4v) is 4.33. The number of halogens is 1. The number of rotatable bonds is 9. The highest BCUT2D eigenvalue weighted by Crippen LogP contribution is 2.20. The molecule has 1 aromatic carbocycles. The zero-order valence-electron chi connectivity index (χ0n) is 15.9. The van der Waals surface area contributed by atoms with Crippen LogP contribution in [0.15, 0.2) is 34.2 Å². The molecule has 8 heteroatoms. The molecule has 6 nitrogen and oxygen atoms in total. The van der Waals surface area contributed by atoms with E-state index in [1.165, 1.54) is 37.5 Å². The Morgan fingerprint density at radius 1 is 1.19 bits per heavy atom. The van der Waals surface area contributed by atoms with E-state index in [-0.39, 0.29) is 17.2 Å². The van der Waals surface area contributed by atoms with Gasteiger partial charge in [0.25, 0.3) is 0 Å². The van der Waals surface area contributed by atoms with Gasteiger partial charge in [0.1, 0.15) is 10.7 Å². The number of hydrogen-bond donors (Lipinski definition) is 2. The lowest BCUT2D eigenvalue weighted by molar-refractivity contribution is 0.0277. The highest BCUT2D eigenvalue weighted by molar-refractivity contribution is 7.91. The Kier molecular flexibility index (Phi) is 9.00. The number of sulfone groups is 1. The van der Waals surface area contributed by atoms with E-state index in [9.17, 15) is 12.8 Å². The Hall–Kier alpha value is -1.67. The molecule has 0 radical (unpaired) electrons. The maximum absolute atomic E-state index is 13.7. The van der Waals surface area contributed by atoms with E-state index in [4.69, 9.17) is 4.74 Å². The molecular formula is C19H30FN3O3S. The number of nitrogens with zero attached hydrogens (tertiary/aromatic N) is 1. The van der Waals surface area contributed by atoms with Gasteiger partial charge in [-0.2, -0.15) is 0 Å². The molecule has 0 bridgehead atoms. The largest absolute Gasteiger partial charge is 0.378 e. The van der Waals surface area contributed by atoms with Crippen LogP contribution in [0.5, 0.6) is 0 Å². The first-order chi connectivity index (χ1) is 13.0. The van der Waals surface area contributed by atoms with Gasteiger partial charge in [0, 0.05) is 26.7 Å². The van der Waals surface area contributed by atoms with Crippen LogP contribution in [0.2, 0.25) is 0 Å². The summed E-state index contributed by atoms with van der Waals surface area (Å²) in [6, 6.07) is 5.41. The van der Waals surface area contributed by atoms with Crippen molar-refractivity contribution in [2.24, 2.45) is 4.99 Å². The minimum atomic E-state index is -3.68. The fraction of sp³-hybridized carbons (Fsp3) is 0.632. The lowest BCUT2D eigenvalue weighted by atomic mass is 9.98. The van der Waals surface area contributed by atoms with Gasteiger partial charge in [0.2, 0.25) is 0 Å². The van der Waals surface area contributed by atoms with Gasteiger partial charge >= 0.3 is 0 Å². The number of hydrogen-bond acceptors (Lipinski definition) is 4. The second kappa shape index (κ2) is 11.2. The molecule has 0 aromatic heterocycles. The summed E-state index contributed by atoms with van der Waals surface area (Å²) in [4.78, 5) is 3.80. The molecule has 2 N–H and O–H groups in total. The Bertz CT molecular complexity index is 704. The maximum Gasteiger partial charge on any atom is 0.191 e. The predicted molar refractivity (Wildman–Crippen MR) is 105 cm³/mol.